The van der Waals surface area contributed by atoms with E-state index in [4.69, 9.17) is 0 Å². The van der Waals surface area contributed by atoms with Crippen molar-refractivity contribution in [3.05, 3.63) is 29.6 Å². The van der Waals surface area contributed by atoms with Gasteiger partial charge in [-0.2, -0.15) is 0 Å². The lowest BCUT2D eigenvalue weighted by atomic mass is 10.0. The summed E-state index contributed by atoms with van der Waals surface area (Å²) in [6.07, 6.45) is 1.55. The predicted octanol–water partition coefficient (Wildman–Crippen LogP) is 2.41. The summed E-state index contributed by atoms with van der Waals surface area (Å²) >= 11 is 0. The highest BCUT2D eigenvalue weighted by molar-refractivity contribution is 5.55. The van der Waals surface area contributed by atoms with Crippen molar-refractivity contribution < 1.29 is 9.50 Å². The predicted molar refractivity (Wildman–Crippen MR) is 76.0 cm³/mol. The van der Waals surface area contributed by atoms with Crippen molar-refractivity contribution in [3.63, 3.8) is 0 Å². The summed E-state index contributed by atoms with van der Waals surface area (Å²) in [6, 6.07) is 5.13. The fraction of sp³-hybridized carbons (Fsp3) is 0.600. The molecule has 1 aromatic rings. The van der Waals surface area contributed by atoms with Crippen LogP contribution in [0.2, 0.25) is 0 Å². The largest absolute Gasteiger partial charge is 0.389 e. The quantitative estimate of drug-likeness (QED) is 0.910. The number of halogens is 1. The molecule has 0 aromatic heterocycles. The van der Waals surface area contributed by atoms with E-state index >= 15 is 0 Å². The van der Waals surface area contributed by atoms with Gasteiger partial charge in [-0.05, 0) is 58.1 Å². The van der Waals surface area contributed by atoms with Crippen LogP contribution < -0.4 is 4.90 Å². The Morgan fingerprint density at radius 1 is 1.37 bits per heavy atom. The number of rotatable bonds is 3. The molecule has 4 heteroatoms. The minimum absolute atomic E-state index is 0.295. The highest BCUT2D eigenvalue weighted by Crippen LogP contribution is 2.30. The SMILES string of the molecule is CC(O)c1cc(F)ccc1N(C)C1CCN(C)CC1. The summed E-state index contributed by atoms with van der Waals surface area (Å²) in [6.45, 7) is 3.85. The van der Waals surface area contributed by atoms with Gasteiger partial charge in [0.25, 0.3) is 0 Å². The van der Waals surface area contributed by atoms with E-state index < -0.39 is 6.10 Å². The van der Waals surface area contributed by atoms with E-state index in [0.29, 0.717) is 11.6 Å². The highest BCUT2D eigenvalue weighted by Gasteiger charge is 2.23. The van der Waals surface area contributed by atoms with Crippen LogP contribution in [-0.2, 0) is 0 Å². The van der Waals surface area contributed by atoms with Gasteiger partial charge in [-0.3, -0.25) is 0 Å². The molecule has 106 valence electrons. The van der Waals surface area contributed by atoms with Gasteiger partial charge in [0.05, 0.1) is 6.10 Å². The summed E-state index contributed by atoms with van der Waals surface area (Å²) < 4.78 is 13.3. The van der Waals surface area contributed by atoms with Crippen LogP contribution >= 0.6 is 0 Å². The molecule has 2 rings (SSSR count). The van der Waals surface area contributed by atoms with Gasteiger partial charge < -0.3 is 14.9 Å². The van der Waals surface area contributed by atoms with E-state index in [1.54, 1.807) is 13.0 Å². The number of piperidine rings is 1. The van der Waals surface area contributed by atoms with Crippen LogP contribution in [0.5, 0.6) is 0 Å². The van der Waals surface area contributed by atoms with Crippen molar-refractivity contribution in [1.82, 2.24) is 4.90 Å². The first-order chi connectivity index (χ1) is 8.99. The fourth-order valence-corrected chi connectivity index (χ4v) is 2.76. The molecule has 1 fully saturated rings. The number of nitrogens with zero attached hydrogens (tertiary/aromatic N) is 2. The molecule has 1 unspecified atom stereocenters. The van der Waals surface area contributed by atoms with Crippen LogP contribution in [0.15, 0.2) is 18.2 Å². The Bertz CT molecular complexity index is 428. The first-order valence-electron chi connectivity index (χ1n) is 6.88. The van der Waals surface area contributed by atoms with Crippen LogP contribution in [-0.4, -0.2) is 43.2 Å². The topological polar surface area (TPSA) is 26.7 Å². The van der Waals surface area contributed by atoms with Gasteiger partial charge >= 0.3 is 0 Å². The molecule has 19 heavy (non-hydrogen) atoms. The third-order valence-electron chi connectivity index (χ3n) is 4.06. The van der Waals surface area contributed by atoms with E-state index in [-0.39, 0.29) is 5.82 Å². The molecular weight excluding hydrogens is 243 g/mol. The van der Waals surface area contributed by atoms with E-state index in [0.717, 1.165) is 31.6 Å². The number of hydrogen-bond donors (Lipinski definition) is 1. The number of aliphatic hydroxyl groups excluding tert-OH is 1. The molecule has 1 atom stereocenters. The van der Waals surface area contributed by atoms with E-state index in [2.05, 4.69) is 16.8 Å². The lowest BCUT2D eigenvalue weighted by Crippen LogP contribution is -2.42. The summed E-state index contributed by atoms with van der Waals surface area (Å²) in [4.78, 5) is 4.51. The molecular formula is C15H23FN2O. The molecule has 0 radical (unpaired) electrons. The minimum Gasteiger partial charge on any atom is -0.389 e. The summed E-state index contributed by atoms with van der Waals surface area (Å²) in [7, 11) is 4.17. The Hall–Kier alpha value is -1.13. The van der Waals surface area contributed by atoms with Crippen molar-refractivity contribution in [3.8, 4) is 0 Å². The van der Waals surface area contributed by atoms with Gasteiger partial charge in [0.1, 0.15) is 5.82 Å². The van der Waals surface area contributed by atoms with Crippen molar-refractivity contribution in [2.75, 3.05) is 32.1 Å². The van der Waals surface area contributed by atoms with Crippen molar-refractivity contribution in [1.29, 1.82) is 0 Å². The molecule has 0 amide bonds. The second kappa shape index (κ2) is 5.88. The standard InChI is InChI=1S/C15H23FN2O/c1-11(19)14-10-12(16)4-5-15(14)18(3)13-6-8-17(2)9-7-13/h4-5,10-11,13,19H,6-9H2,1-3H3. The molecule has 0 aliphatic carbocycles. The van der Waals surface area contributed by atoms with Gasteiger partial charge in [-0.25, -0.2) is 4.39 Å². The zero-order chi connectivity index (χ0) is 14.0. The molecule has 1 saturated heterocycles. The minimum atomic E-state index is -0.653. The number of hydrogen-bond acceptors (Lipinski definition) is 3. The average Bonchev–Trinajstić information content (AvgIpc) is 2.38. The number of likely N-dealkylation sites (tertiary alicyclic amines) is 1. The van der Waals surface area contributed by atoms with E-state index in [1.807, 2.05) is 7.05 Å². The lowest BCUT2D eigenvalue weighted by Gasteiger charge is -2.37. The molecule has 0 spiro atoms. The zero-order valence-electron chi connectivity index (χ0n) is 11.9. The smallest absolute Gasteiger partial charge is 0.123 e. The second-order valence-electron chi connectivity index (χ2n) is 5.52. The molecule has 1 aromatic carbocycles. The van der Waals surface area contributed by atoms with E-state index in [9.17, 15) is 9.50 Å². The third kappa shape index (κ3) is 3.25. The summed E-state index contributed by atoms with van der Waals surface area (Å²) in [5.41, 5.74) is 1.60. The Morgan fingerprint density at radius 2 is 2.00 bits per heavy atom. The van der Waals surface area contributed by atoms with Crippen molar-refractivity contribution in [2.45, 2.75) is 31.9 Å². The highest BCUT2D eigenvalue weighted by atomic mass is 19.1. The third-order valence-corrected chi connectivity index (χ3v) is 4.06. The Morgan fingerprint density at radius 3 is 2.58 bits per heavy atom. The molecule has 1 N–H and O–H groups in total. The Labute approximate surface area is 114 Å². The Kier molecular flexibility index (Phi) is 4.42. The van der Waals surface area contributed by atoms with Gasteiger partial charge in [0.15, 0.2) is 0 Å². The van der Waals surface area contributed by atoms with Crippen LogP contribution in [0.25, 0.3) is 0 Å². The fourth-order valence-electron chi connectivity index (χ4n) is 2.76. The van der Waals surface area contributed by atoms with Crippen molar-refractivity contribution >= 4 is 5.69 Å². The monoisotopic (exact) mass is 266 g/mol. The molecule has 1 aliphatic rings. The maximum absolute atomic E-state index is 13.3. The first kappa shape index (κ1) is 14.3. The van der Waals surface area contributed by atoms with Crippen LogP contribution in [0.4, 0.5) is 10.1 Å². The van der Waals surface area contributed by atoms with Crippen LogP contribution in [0.1, 0.15) is 31.4 Å². The number of anilines is 1. The molecule has 3 nitrogen and oxygen atoms in total. The van der Waals surface area contributed by atoms with Gasteiger partial charge in [0, 0.05) is 24.3 Å². The summed E-state index contributed by atoms with van der Waals surface area (Å²) in [5.74, 6) is -0.295. The van der Waals surface area contributed by atoms with E-state index in [1.165, 1.54) is 12.1 Å². The summed E-state index contributed by atoms with van der Waals surface area (Å²) in [5, 5.41) is 9.82. The first-order valence-corrected chi connectivity index (χ1v) is 6.88. The molecule has 0 saturated carbocycles. The molecule has 1 heterocycles. The van der Waals surface area contributed by atoms with Crippen LogP contribution in [0, 0.1) is 5.82 Å². The molecule has 1 aliphatic heterocycles. The maximum atomic E-state index is 13.3. The lowest BCUT2D eigenvalue weighted by molar-refractivity contribution is 0.198. The number of aliphatic hydroxyl groups is 1. The number of benzene rings is 1. The normalized spacial score (nSPS) is 19.4. The van der Waals surface area contributed by atoms with Crippen LogP contribution in [0.3, 0.4) is 0 Å². The van der Waals surface area contributed by atoms with Gasteiger partial charge in [0.2, 0.25) is 0 Å². The van der Waals surface area contributed by atoms with Crippen molar-refractivity contribution in [2.24, 2.45) is 0 Å². The van der Waals surface area contributed by atoms with Gasteiger partial charge in [-0.15, -0.1) is 0 Å². The average molecular weight is 266 g/mol. The second-order valence-corrected chi connectivity index (χ2v) is 5.52. The molecule has 0 bridgehead atoms. The Balaban J connectivity index is 2.21. The van der Waals surface area contributed by atoms with Gasteiger partial charge in [-0.1, -0.05) is 0 Å². The zero-order valence-corrected chi connectivity index (χ0v) is 11.9. The maximum Gasteiger partial charge on any atom is 0.123 e.